The average molecular weight is 344 g/mol. The van der Waals surface area contributed by atoms with Crippen LogP contribution in [0.25, 0.3) is 0 Å². The zero-order chi connectivity index (χ0) is 18.0. The molecule has 0 aliphatic carbocycles. The summed E-state index contributed by atoms with van der Waals surface area (Å²) >= 11 is 0. The van der Waals surface area contributed by atoms with Crippen LogP contribution in [0.3, 0.4) is 0 Å². The van der Waals surface area contributed by atoms with Crippen molar-refractivity contribution in [1.82, 2.24) is 29.3 Å². The maximum absolute atomic E-state index is 12.7. The van der Waals surface area contributed by atoms with Crippen molar-refractivity contribution in [2.24, 2.45) is 7.05 Å². The Hall–Kier alpha value is -2.48. The molecule has 3 rings (SSSR count). The predicted molar refractivity (Wildman–Crippen MR) is 92.1 cm³/mol. The van der Waals surface area contributed by atoms with Crippen LogP contribution in [-0.2, 0) is 24.8 Å². The molecular formula is C17H24N6O2. The molecule has 1 amide bonds. The highest BCUT2D eigenvalue weighted by Crippen LogP contribution is 2.23. The first-order valence-corrected chi connectivity index (χ1v) is 8.28. The Morgan fingerprint density at radius 3 is 2.92 bits per heavy atom. The number of hydrogen-bond donors (Lipinski definition) is 0. The normalized spacial score (nSPS) is 16.8. The zero-order valence-electron chi connectivity index (χ0n) is 15.1. The predicted octanol–water partition coefficient (Wildman–Crippen LogP) is 0.412. The van der Waals surface area contributed by atoms with Crippen molar-refractivity contribution in [3.05, 3.63) is 35.8 Å². The lowest BCUT2D eigenvalue weighted by atomic mass is 10.0. The van der Waals surface area contributed by atoms with Crippen LogP contribution in [0.5, 0.6) is 5.88 Å². The lowest BCUT2D eigenvalue weighted by Crippen LogP contribution is -2.50. The number of hydrogen-bond acceptors (Lipinski definition) is 6. The van der Waals surface area contributed by atoms with Crippen molar-refractivity contribution >= 4 is 5.91 Å². The maximum atomic E-state index is 12.7. The van der Waals surface area contributed by atoms with Crippen LogP contribution in [0.4, 0.5) is 0 Å². The molecule has 0 saturated carbocycles. The quantitative estimate of drug-likeness (QED) is 0.782. The number of imidazole rings is 1. The van der Waals surface area contributed by atoms with Crippen LogP contribution >= 0.6 is 0 Å². The Morgan fingerprint density at radius 2 is 2.20 bits per heavy atom. The second-order valence-electron chi connectivity index (χ2n) is 6.68. The molecule has 3 heterocycles. The molecule has 0 N–H and O–H groups in total. The third-order valence-corrected chi connectivity index (χ3v) is 4.26. The van der Waals surface area contributed by atoms with Gasteiger partial charge in [-0.25, -0.2) is 9.97 Å². The van der Waals surface area contributed by atoms with Crippen LogP contribution in [0.15, 0.2) is 18.7 Å². The van der Waals surface area contributed by atoms with Crippen LogP contribution < -0.4 is 4.74 Å². The number of ether oxygens (including phenoxy) is 1. The third kappa shape index (κ3) is 3.96. The lowest BCUT2D eigenvalue weighted by Gasteiger charge is -2.35. The summed E-state index contributed by atoms with van der Waals surface area (Å²) in [6.45, 7) is 3.12. The van der Waals surface area contributed by atoms with E-state index in [1.807, 2.05) is 42.4 Å². The van der Waals surface area contributed by atoms with E-state index in [1.165, 1.54) is 0 Å². The second kappa shape index (κ2) is 7.18. The van der Waals surface area contributed by atoms with Gasteiger partial charge in [-0.3, -0.25) is 9.78 Å². The second-order valence-corrected chi connectivity index (χ2v) is 6.68. The highest BCUT2D eigenvalue weighted by atomic mass is 16.5. The van der Waals surface area contributed by atoms with Crippen LogP contribution in [0.1, 0.15) is 17.1 Å². The molecule has 8 nitrogen and oxygen atoms in total. The summed E-state index contributed by atoms with van der Waals surface area (Å²) < 4.78 is 7.85. The fraction of sp³-hybridized carbons (Fsp3) is 0.529. The van der Waals surface area contributed by atoms with E-state index >= 15 is 0 Å². The van der Waals surface area contributed by atoms with E-state index in [9.17, 15) is 4.79 Å². The van der Waals surface area contributed by atoms with Crippen LogP contribution in [0.2, 0.25) is 0 Å². The third-order valence-electron chi connectivity index (χ3n) is 4.26. The van der Waals surface area contributed by atoms with Gasteiger partial charge in [0.1, 0.15) is 6.61 Å². The van der Waals surface area contributed by atoms with E-state index in [0.717, 1.165) is 17.1 Å². The number of carbonyl (C=O) groups is 1. The van der Waals surface area contributed by atoms with Crippen molar-refractivity contribution in [1.29, 1.82) is 0 Å². The molecule has 1 aliphatic rings. The number of carbonyl (C=O) groups excluding carboxylic acids is 1. The smallest absolute Gasteiger partial charge is 0.237 e. The lowest BCUT2D eigenvalue weighted by molar-refractivity contribution is -0.136. The van der Waals surface area contributed by atoms with E-state index in [-0.39, 0.29) is 11.9 Å². The van der Waals surface area contributed by atoms with Gasteiger partial charge in [0.05, 0.1) is 43.0 Å². The molecule has 25 heavy (non-hydrogen) atoms. The molecule has 0 unspecified atom stereocenters. The molecule has 2 aromatic heterocycles. The minimum atomic E-state index is -0.0577. The van der Waals surface area contributed by atoms with E-state index in [0.29, 0.717) is 32.0 Å². The van der Waals surface area contributed by atoms with Crippen LogP contribution in [-0.4, -0.2) is 68.5 Å². The van der Waals surface area contributed by atoms with Gasteiger partial charge in [-0.05, 0) is 21.0 Å². The molecule has 0 spiro atoms. The number of fused-ring (bicyclic) bond motifs is 1. The van der Waals surface area contributed by atoms with Gasteiger partial charge in [0.25, 0.3) is 0 Å². The number of amides is 1. The van der Waals surface area contributed by atoms with Crippen molar-refractivity contribution in [2.45, 2.75) is 25.9 Å². The Bertz CT molecular complexity index is 757. The van der Waals surface area contributed by atoms with Crippen molar-refractivity contribution in [3.63, 3.8) is 0 Å². The zero-order valence-corrected chi connectivity index (χ0v) is 15.1. The average Bonchev–Trinajstić information content (AvgIpc) is 2.92. The van der Waals surface area contributed by atoms with E-state index < -0.39 is 0 Å². The summed E-state index contributed by atoms with van der Waals surface area (Å²) in [6, 6.07) is -0.0577. The first-order valence-electron chi connectivity index (χ1n) is 8.28. The monoisotopic (exact) mass is 344 g/mol. The molecule has 8 heteroatoms. The largest absolute Gasteiger partial charge is 0.474 e. The SMILES string of the molecule is Cc1cncc(OC[C@H]2Cc3c(ncn3C)CN2C(=O)CN(C)C)n1. The van der Waals surface area contributed by atoms with Gasteiger partial charge >= 0.3 is 0 Å². The van der Waals surface area contributed by atoms with Crippen molar-refractivity contribution in [2.75, 3.05) is 27.2 Å². The summed E-state index contributed by atoms with van der Waals surface area (Å²) in [5.74, 6) is 0.557. The first kappa shape index (κ1) is 17.3. The summed E-state index contributed by atoms with van der Waals surface area (Å²) in [5.41, 5.74) is 2.91. The number of aryl methyl sites for hydroxylation is 2. The Balaban J connectivity index is 1.77. The molecule has 2 aromatic rings. The summed E-state index contributed by atoms with van der Waals surface area (Å²) in [4.78, 5) is 29.2. The fourth-order valence-electron chi connectivity index (χ4n) is 3.02. The molecule has 0 bridgehead atoms. The Kier molecular flexibility index (Phi) is 4.98. The minimum absolute atomic E-state index is 0.0577. The molecular weight excluding hydrogens is 320 g/mol. The number of rotatable bonds is 5. The van der Waals surface area contributed by atoms with Gasteiger partial charge in [-0.2, -0.15) is 0 Å². The molecule has 1 aliphatic heterocycles. The van der Waals surface area contributed by atoms with Gasteiger partial charge in [0.2, 0.25) is 11.8 Å². The molecule has 0 fully saturated rings. The molecule has 0 aromatic carbocycles. The van der Waals surface area contributed by atoms with Crippen molar-refractivity contribution in [3.8, 4) is 5.88 Å². The molecule has 0 saturated heterocycles. The Morgan fingerprint density at radius 1 is 1.40 bits per heavy atom. The van der Waals surface area contributed by atoms with Gasteiger partial charge in [-0.1, -0.05) is 0 Å². The highest BCUT2D eigenvalue weighted by Gasteiger charge is 2.32. The van der Waals surface area contributed by atoms with E-state index in [4.69, 9.17) is 4.74 Å². The van der Waals surface area contributed by atoms with E-state index in [1.54, 1.807) is 18.7 Å². The topological polar surface area (TPSA) is 76.4 Å². The number of likely N-dealkylation sites (N-methyl/N-ethyl adjacent to an activating group) is 1. The van der Waals surface area contributed by atoms with Gasteiger partial charge < -0.3 is 19.1 Å². The fourth-order valence-corrected chi connectivity index (χ4v) is 3.02. The highest BCUT2D eigenvalue weighted by molar-refractivity contribution is 5.78. The van der Waals surface area contributed by atoms with Crippen molar-refractivity contribution < 1.29 is 9.53 Å². The maximum Gasteiger partial charge on any atom is 0.237 e. The number of nitrogens with zero attached hydrogens (tertiary/aromatic N) is 6. The molecule has 0 radical (unpaired) electrons. The summed E-state index contributed by atoms with van der Waals surface area (Å²) in [7, 11) is 5.76. The Labute approximate surface area is 147 Å². The number of aromatic nitrogens is 4. The summed E-state index contributed by atoms with van der Waals surface area (Å²) in [5, 5.41) is 0. The van der Waals surface area contributed by atoms with Crippen LogP contribution in [0, 0.1) is 6.92 Å². The molecule has 134 valence electrons. The standard InChI is InChI=1S/C17H24N6O2/c1-12-6-18-7-16(20-12)25-10-13-5-15-14(19-11-22(15)4)8-23(13)17(24)9-21(2)3/h6-7,11,13H,5,8-10H2,1-4H3/t13-/m1/s1. The van der Waals surface area contributed by atoms with E-state index in [2.05, 4.69) is 15.0 Å². The first-order chi connectivity index (χ1) is 11.9. The summed E-state index contributed by atoms with van der Waals surface area (Å²) in [6.07, 6.45) is 5.79. The van der Waals surface area contributed by atoms with Gasteiger partial charge in [0.15, 0.2) is 0 Å². The van der Waals surface area contributed by atoms with Gasteiger partial charge in [-0.15, -0.1) is 0 Å². The minimum Gasteiger partial charge on any atom is -0.474 e. The van der Waals surface area contributed by atoms with Gasteiger partial charge in [0, 0.05) is 25.4 Å². The molecule has 1 atom stereocenters.